The van der Waals surface area contributed by atoms with Crippen molar-refractivity contribution in [1.29, 1.82) is 0 Å². The number of benzene rings is 1. The summed E-state index contributed by atoms with van der Waals surface area (Å²) in [7, 11) is 0. The molecule has 2 aromatic heterocycles. The number of rotatable bonds is 5. The molecule has 2 heterocycles. The lowest BCUT2D eigenvalue weighted by atomic mass is 10.2. The molecule has 1 aromatic carbocycles. The molecule has 25 heavy (non-hydrogen) atoms. The standard InChI is InChI=1S/C17H15F2N3O3/c1-2-22-8-10(9-25-15-6-3-11(18)7-13(15)19)12-4-5-14(17(23)21-24)20-16(12)22/h3-8,24H,2,9H2,1H3,(H,21,23). The molecule has 3 aromatic rings. The first-order valence-electron chi connectivity index (χ1n) is 7.54. The highest BCUT2D eigenvalue weighted by molar-refractivity contribution is 5.94. The molecule has 0 aliphatic carbocycles. The third kappa shape index (κ3) is 3.29. The van der Waals surface area contributed by atoms with Crippen LogP contribution in [0.25, 0.3) is 11.0 Å². The van der Waals surface area contributed by atoms with Crippen molar-refractivity contribution in [1.82, 2.24) is 15.0 Å². The highest BCUT2D eigenvalue weighted by Crippen LogP contribution is 2.24. The molecule has 8 heteroatoms. The molecule has 0 bridgehead atoms. The summed E-state index contributed by atoms with van der Waals surface area (Å²) < 4.78 is 33.9. The van der Waals surface area contributed by atoms with Gasteiger partial charge < -0.3 is 9.30 Å². The van der Waals surface area contributed by atoms with Gasteiger partial charge in [-0.2, -0.15) is 0 Å². The van der Waals surface area contributed by atoms with Gasteiger partial charge in [-0.25, -0.2) is 19.2 Å². The zero-order valence-corrected chi connectivity index (χ0v) is 13.3. The summed E-state index contributed by atoms with van der Waals surface area (Å²) in [5.41, 5.74) is 2.89. The number of pyridine rings is 1. The second-order valence-corrected chi connectivity index (χ2v) is 5.31. The SMILES string of the molecule is CCn1cc(COc2ccc(F)cc2F)c2ccc(C(=O)NO)nc21. The maximum atomic E-state index is 13.7. The van der Waals surface area contributed by atoms with Gasteiger partial charge in [0.05, 0.1) is 0 Å². The Morgan fingerprint density at radius 2 is 2.12 bits per heavy atom. The van der Waals surface area contributed by atoms with Gasteiger partial charge in [-0.1, -0.05) is 0 Å². The fourth-order valence-electron chi connectivity index (χ4n) is 2.52. The van der Waals surface area contributed by atoms with Crippen LogP contribution in [-0.4, -0.2) is 20.7 Å². The molecule has 6 nitrogen and oxygen atoms in total. The lowest BCUT2D eigenvalue weighted by Crippen LogP contribution is -2.20. The average Bonchev–Trinajstić information content (AvgIpc) is 2.97. The summed E-state index contributed by atoms with van der Waals surface area (Å²) in [5, 5.41) is 9.45. The number of halogens is 2. The molecule has 0 fully saturated rings. The number of hydroxylamine groups is 1. The minimum Gasteiger partial charge on any atom is -0.486 e. The highest BCUT2D eigenvalue weighted by atomic mass is 19.1. The van der Waals surface area contributed by atoms with E-state index in [9.17, 15) is 13.6 Å². The molecule has 0 saturated carbocycles. The molecule has 0 aliphatic heterocycles. The monoisotopic (exact) mass is 347 g/mol. The summed E-state index contributed by atoms with van der Waals surface area (Å²) in [5.74, 6) is -2.22. The van der Waals surface area contributed by atoms with E-state index < -0.39 is 17.5 Å². The third-order valence-corrected chi connectivity index (χ3v) is 3.76. The molecule has 0 radical (unpaired) electrons. The zero-order valence-electron chi connectivity index (χ0n) is 13.3. The molecule has 0 spiro atoms. The van der Waals surface area contributed by atoms with Crippen LogP contribution in [-0.2, 0) is 13.2 Å². The van der Waals surface area contributed by atoms with Gasteiger partial charge in [-0.05, 0) is 31.2 Å². The normalized spacial score (nSPS) is 10.9. The Hall–Kier alpha value is -3.00. The number of hydrogen-bond donors (Lipinski definition) is 2. The largest absolute Gasteiger partial charge is 0.486 e. The smallest absolute Gasteiger partial charge is 0.293 e. The van der Waals surface area contributed by atoms with Gasteiger partial charge in [0, 0.05) is 29.8 Å². The Bertz CT molecular complexity index is 940. The Labute approximate surface area is 141 Å². The number of ether oxygens (including phenoxy) is 1. The van der Waals surface area contributed by atoms with Crippen molar-refractivity contribution in [3.8, 4) is 5.75 Å². The predicted molar refractivity (Wildman–Crippen MR) is 85.3 cm³/mol. The molecular weight excluding hydrogens is 332 g/mol. The van der Waals surface area contributed by atoms with Gasteiger partial charge in [0.1, 0.15) is 23.8 Å². The van der Waals surface area contributed by atoms with Crippen LogP contribution >= 0.6 is 0 Å². The lowest BCUT2D eigenvalue weighted by Gasteiger charge is -2.06. The number of carbonyl (C=O) groups excluding carboxylic acids is 1. The zero-order chi connectivity index (χ0) is 18.0. The van der Waals surface area contributed by atoms with Crippen LogP contribution in [0.15, 0.2) is 36.5 Å². The molecule has 0 aliphatic rings. The predicted octanol–water partition coefficient (Wildman–Crippen LogP) is 3.03. The van der Waals surface area contributed by atoms with E-state index in [0.29, 0.717) is 12.2 Å². The Kier molecular flexibility index (Phi) is 4.62. The van der Waals surface area contributed by atoms with E-state index in [1.807, 2.05) is 11.5 Å². The molecule has 0 saturated heterocycles. The Balaban J connectivity index is 1.92. The summed E-state index contributed by atoms with van der Waals surface area (Å²) >= 11 is 0. The van der Waals surface area contributed by atoms with Crippen molar-refractivity contribution in [2.24, 2.45) is 0 Å². The first-order valence-corrected chi connectivity index (χ1v) is 7.54. The first kappa shape index (κ1) is 16.8. The maximum Gasteiger partial charge on any atom is 0.293 e. The number of aryl methyl sites for hydroxylation is 1. The number of nitrogens with zero attached hydrogens (tertiary/aromatic N) is 2. The topological polar surface area (TPSA) is 76.4 Å². The summed E-state index contributed by atoms with van der Waals surface area (Å²) in [6.07, 6.45) is 1.79. The van der Waals surface area contributed by atoms with E-state index in [1.165, 1.54) is 17.6 Å². The number of fused-ring (bicyclic) bond motifs is 1. The third-order valence-electron chi connectivity index (χ3n) is 3.76. The van der Waals surface area contributed by atoms with Crippen molar-refractivity contribution >= 4 is 16.9 Å². The maximum absolute atomic E-state index is 13.7. The molecular formula is C17H15F2N3O3. The number of amides is 1. The van der Waals surface area contributed by atoms with Crippen molar-refractivity contribution in [3.05, 3.63) is 59.4 Å². The fraction of sp³-hybridized carbons (Fsp3) is 0.176. The van der Waals surface area contributed by atoms with Gasteiger partial charge in [-0.3, -0.25) is 10.0 Å². The second kappa shape index (κ2) is 6.86. The van der Waals surface area contributed by atoms with E-state index in [2.05, 4.69) is 4.98 Å². The molecule has 0 atom stereocenters. The van der Waals surface area contributed by atoms with Gasteiger partial charge in [-0.15, -0.1) is 0 Å². The average molecular weight is 347 g/mol. The minimum atomic E-state index is -0.778. The number of carbonyl (C=O) groups is 1. The molecule has 3 rings (SSSR count). The summed E-state index contributed by atoms with van der Waals surface area (Å²) in [6, 6.07) is 6.25. The van der Waals surface area contributed by atoms with Crippen LogP contribution in [0.4, 0.5) is 8.78 Å². The van der Waals surface area contributed by atoms with Crippen LogP contribution < -0.4 is 10.2 Å². The number of aromatic nitrogens is 2. The Morgan fingerprint density at radius 3 is 2.80 bits per heavy atom. The van der Waals surface area contributed by atoms with Crippen LogP contribution in [0.5, 0.6) is 5.75 Å². The van der Waals surface area contributed by atoms with Crippen molar-refractivity contribution in [2.75, 3.05) is 0 Å². The molecule has 2 N–H and O–H groups in total. The molecule has 1 amide bonds. The summed E-state index contributed by atoms with van der Waals surface area (Å²) in [6.45, 7) is 2.56. The van der Waals surface area contributed by atoms with Crippen molar-refractivity contribution in [2.45, 2.75) is 20.1 Å². The van der Waals surface area contributed by atoms with Gasteiger partial charge in [0.15, 0.2) is 11.6 Å². The van der Waals surface area contributed by atoms with Crippen molar-refractivity contribution < 1.29 is 23.5 Å². The van der Waals surface area contributed by atoms with E-state index in [-0.39, 0.29) is 18.1 Å². The van der Waals surface area contributed by atoms with E-state index in [1.54, 1.807) is 12.3 Å². The van der Waals surface area contributed by atoms with Crippen molar-refractivity contribution in [3.63, 3.8) is 0 Å². The second-order valence-electron chi connectivity index (χ2n) is 5.31. The van der Waals surface area contributed by atoms with E-state index >= 15 is 0 Å². The Morgan fingerprint density at radius 1 is 1.32 bits per heavy atom. The van der Waals surface area contributed by atoms with Crippen LogP contribution in [0.3, 0.4) is 0 Å². The van der Waals surface area contributed by atoms with E-state index in [4.69, 9.17) is 9.94 Å². The number of nitrogens with one attached hydrogen (secondary N) is 1. The van der Waals surface area contributed by atoms with Gasteiger partial charge in [0.2, 0.25) is 0 Å². The van der Waals surface area contributed by atoms with Gasteiger partial charge >= 0.3 is 0 Å². The minimum absolute atomic E-state index is 0.0527. The van der Waals surface area contributed by atoms with Crippen LogP contribution in [0, 0.1) is 11.6 Å². The fourth-order valence-corrected chi connectivity index (χ4v) is 2.52. The quantitative estimate of drug-likeness (QED) is 0.549. The molecule has 130 valence electrons. The van der Waals surface area contributed by atoms with E-state index in [0.717, 1.165) is 23.1 Å². The number of hydrogen-bond acceptors (Lipinski definition) is 4. The van der Waals surface area contributed by atoms with Crippen LogP contribution in [0.1, 0.15) is 23.0 Å². The lowest BCUT2D eigenvalue weighted by molar-refractivity contribution is 0.0701. The first-order chi connectivity index (χ1) is 12.0. The highest BCUT2D eigenvalue weighted by Gasteiger charge is 2.14. The van der Waals surface area contributed by atoms with Gasteiger partial charge in [0.25, 0.3) is 5.91 Å². The summed E-state index contributed by atoms with van der Waals surface area (Å²) in [4.78, 5) is 15.7. The van der Waals surface area contributed by atoms with Crippen LogP contribution in [0.2, 0.25) is 0 Å². The molecule has 0 unspecified atom stereocenters.